The number of amides is 3. The van der Waals surface area contributed by atoms with E-state index >= 15 is 0 Å². The lowest BCUT2D eigenvalue weighted by Crippen LogP contribution is -2.41. The fraction of sp³-hybridized carbons (Fsp3) is 0.571. The maximum atomic E-state index is 12.3. The molecule has 154 valence electrons. The van der Waals surface area contributed by atoms with Crippen molar-refractivity contribution in [1.82, 2.24) is 10.2 Å². The van der Waals surface area contributed by atoms with E-state index in [1.807, 2.05) is 45.0 Å². The number of nitrogens with one attached hydrogen (secondary N) is 1. The number of imide groups is 1. The second kappa shape index (κ2) is 9.57. The molecular formula is C21H30N2O5. The van der Waals surface area contributed by atoms with Gasteiger partial charge in [0.1, 0.15) is 11.4 Å². The number of hydrogen-bond donors (Lipinski definition) is 1. The van der Waals surface area contributed by atoms with Gasteiger partial charge in [-0.25, -0.2) is 4.79 Å². The van der Waals surface area contributed by atoms with Crippen molar-refractivity contribution in [3.63, 3.8) is 0 Å². The molecule has 1 aliphatic rings. The monoisotopic (exact) mass is 390 g/mol. The molecule has 2 rings (SSSR count). The van der Waals surface area contributed by atoms with Crippen LogP contribution in [0.15, 0.2) is 24.3 Å². The molecule has 7 nitrogen and oxygen atoms in total. The van der Waals surface area contributed by atoms with Crippen LogP contribution in [0.4, 0.5) is 4.79 Å². The molecule has 1 aliphatic heterocycles. The first-order chi connectivity index (χ1) is 13.2. The zero-order valence-corrected chi connectivity index (χ0v) is 17.1. The summed E-state index contributed by atoms with van der Waals surface area (Å²) in [6.45, 7) is 6.55. The molecule has 0 bridgehead atoms. The van der Waals surface area contributed by atoms with Crippen molar-refractivity contribution in [2.45, 2.75) is 58.0 Å². The number of hydrogen-bond acceptors (Lipinski definition) is 5. The molecule has 0 aromatic heterocycles. The summed E-state index contributed by atoms with van der Waals surface area (Å²) in [7, 11) is 1.53. The highest BCUT2D eigenvalue weighted by molar-refractivity contribution is 6.00. The quantitative estimate of drug-likeness (QED) is 0.571. The number of benzene rings is 1. The van der Waals surface area contributed by atoms with Crippen molar-refractivity contribution in [2.75, 3.05) is 20.2 Å². The minimum absolute atomic E-state index is 0.123. The van der Waals surface area contributed by atoms with E-state index in [1.54, 1.807) is 0 Å². The van der Waals surface area contributed by atoms with E-state index in [0.29, 0.717) is 26.0 Å². The lowest BCUT2D eigenvalue weighted by atomic mass is 9.90. The SMILES string of the molecule is CN1C(=O)CCC(c2ccc(OCCCCNC(=O)OC(C)(C)C)cc2)C1=O. The highest BCUT2D eigenvalue weighted by Gasteiger charge is 2.32. The van der Waals surface area contributed by atoms with Gasteiger partial charge >= 0.3 is 6.09 Å². The Kier molecular flexibility index (Phi) is 7.43. The molecule has 28 heavy (non-hydrogen) atoms. The molecule has 1 N–H and O–H groups in total. The lowest BCUT2D eigenvalue weighted by molar-refractivity contribution is -0.147. The van der Waals surface area contributed by atoms with Crippen LogP contribution in [0.1, 0.15) is 57.9 Å². The number of piperidine rings is 1. The summed E-state index contributed by atoms with van der Waals surface area (Å²) in [4.78, 5) is 36.6. The smallest absolute Gasteiger partial charge is 0.407 e. The number of likely N-dealkylation sites (N-methyl/N-ethyl adjacent to an activating group) is 1. The molecule has 1 aromatic rings. The third-order valence-electron chi connectivity index (χ3n) is 4.44. The summed E-state index contributed by atoms with van der Waals surface area (Å²) >= 11 is 0. The summed E-state index contributed by atoms with van der Waals surface area (Å²) in [5.41, 5.74) is 0.408. The van der Waals surface area contributed by atoms with Gasteiger partial charge in [0.05, 0.1) is 12.5 Å². The molecule has 1 aromatic carbocycles. The Hall–Kier alpha value is -2.57. The third-order valence-corrected chi connectivity index (χ3v) is 4.44. The van der Waals surface area contributed by atoms with E-state index < -0.39 is 11.7 Å². The van der Waals surface area contributed by atoms with E-state index in [1.165, 1.54) is 11.9 Å². The van der Waals surface area contributed by atoms with Gasteiger partial charge in [-0.2, -0.15) is 0 Å². The highest BCUT2D eigenvalue weighted by Crippen LogP contribution is 2.29. The Bertz CT molecular complexity index is 694. The predicted molar refractivity (Wildman–Crippen MR) is 105 cm³/mol. The molecule has 0 saturated carbocycles. The van der Waals surface area contributed by atoms with E-state index in [0.717, 1.165) is 24.2 Å². The van der Waals surface area contributed by atoms with Gasteiger partial charge in [0.15, 0.2) is 0 Å². The normalized spacial score (nSPS) is 17.4. The Morgan fingerprint density at radius 1 is 1.18 bits per heavy atom. The highest BCUT2D eigenvalue weighted by atomic mass is 16.6. The number of carbonyl (C=O) groups is 3. The number of alkyl carbamates (subject to hydrolysis) is 1. The van der Waals surface area contributed by atoms with Crippen molar-refractivity contribution in [2.24, 2.45) is 0 Å². The maximum absolute atomic E-state index is 12.3. The van der Waals surface area contributed by atoms with Crippen LogP contribution in [0.2, 0.25) is 0 Å². The second-order valence-electron chi connectivity index (χ2n) is 7.94. The minimum Gasteiger partial charge on any atom is -0.494 e. The number of ether oxygens (including phenoxy) is 2. The molecule has 1 saturated heterocycles. The van der Waals surface area contributed by atoms with Gasteiger partial charge in [0.25, 0.3) is 0 Å². The van der Waals surface area contributed by atoms with E-state index in [4.69, 9.17) is 9.47 Å². The lowest BCUT2D eigenvalue weighted by Gasteiger charge is -2.27. The van der Waals surface area contributed by atoms with Gasteiger partial charge in [0, 0.05) is 20.0 Å². The van der Waals surface area contributed by atoms with Crippen LogP contribution in [-0.4, -0.2) is 48.6 Å². The molecule has 1 heterocycles. The summed E-state index contributed by atoms with van der Waals surface area (Å²) in [6.07, 6.45) is 2.11. The standard InChI is InChI=1S/C21H30N2O5/c1-21(2,3)28-20(26)22-13-5-6-14-27-16-9-7-15(8-10-16)17-11-12-18(24)23(4)19(17)25/h7-10,17H,5-6,11-14H2,1-4H3,(H,22,26). The molecule has 7 heteroatoms. The van der Waals surface area contributed by atoms with Crippen LogP contribution >= 0.6 is 0 Å². The number of carbonyl (C=O) groups excluding carboxylic acids is 3. The number of unbranched alkanes of at least 4 members (excludes halogenated alkanes) is 1. The van der Waals surface area contributed by atoms with Crippen LogP contribution in [0.5, 0.6) is 5.75 Å². The van der Waals surface area contributed by atoms with E-state index in [-0.39, 0.29) is 17.7 Å². The number of nitrogens with zero attached hydrogens (tertiary/aromatic N) is 1. The molecule has 0 radical (unpaired) electrons. The Balaban J connectivity index is 1.69. The van der Waals surface area contributed by atoms with Crippen molar-refractivity contribution >= 4 is 17.9 Å². The topological polar surface area (TPSA) is 84.9 Å². The summed E-state index contributed by atoms with van der Waals surface area (Å²) in [5.74, 6) is 0.192. The van der Waals surface area contributed by atoms with Crippen LogP contribution < -0.4 is 10.1 Å². The third kappa shape index (κ3) is 6.55. The first kappa shape index (κ1) is 21.7. The Labute approximate surface area is 166 Å². The van der Waals surface area contributed by atoms with Gasteiger partial charge in [-0.15, -0.1) is 0 Å². The van der Waals surface area contributed by atoms with Crippen molar-refractivity contribution in [3.05, 3.63) is 29.8 Å². The minimum atomic E-state index is -0.494. The van der Waals surface area contributed by atoms with Crippen LogP contribution in [0.25, 0.3) is 0 Å². The number of rotatable bonds is 7. The average Bonchev–Trinajstić information content (AvgIpc) is 2.62. The summed E-state index contributed by atoms with van der Waals surface area (Å²) in [6, 6.07) is 7.45. The zero-order valence-electron chi connectivity index (χ0n) is 17.1. The van der Waals surface area contributed by atoms with Gasteiger partial charge in [-0.1, -0.05) is 12.1 Å². The first-order valence-electron chi connectivity index (χ1n) is 9.67. The fourth-order valence-corrected chi connectivity index (χ4v) is 2.94. The molecular weight excluding hydrogens is 360 g/mol. The maximum Gasteiger partial charge on any atom is 0.407 e. The van der Waals surface area contributed by atoms with E-state index in [9.17, 15) is 14.4 Å². The predicted octanol–water partition coefficient (Wildman–Crippen LogP) is 3.23. The van der Waals surface area contributed by atoms with Crippen LogP contribution in [0.3, 0.4) is 0 Å². The van der Waals surface area contributed by atoms with Crippen molar-refractivity contribution < 1.29 is 23.9 Å². The van der Waals surface area contributed by atoms with Gasteiger partial charge < -0.3 is 14.8 Å². The van der Waals surface area contributed by atoms with Crippen molar-refractivity contribution in [1.29, 1.82) is 0 Å². The Morgan fingerprint density at radius 3 is 2.50 bits per heavy atom. The molecule has 1 atom stereocenters. The zero-order chi connectivity index (χ0) is 20.7. The van der Waals surface area contributed by atoms with Gasteiger partial charge in [0.2, 0.25) is 11.8 Å². The largest absolute Gasteiger partial charge is 0.494 e. The molecule has 1 fully saturated rings. The van der Waals surface area contributed by atoms with Gasteiger partial charge in [-0.05, 0) is 57.7 Å². The van der Waals surface area contributed by atoms with Crippen molar-refractivity contribution in [3.8, 4) is 5.75 Å². The van der Waals surface area contributed by atoms with Crippen LogP contribution in [-0.2, 0) is 14.3 Å². The molecule has 1 unspecified atom stereocenters. The van der Waals surface area contributed by atoms with E-state index in [2.05, 4.69) is 5.32 Å². The second-order valence-corrected chi connectivity index (χ2v) is 7.94. The van der Waals surface area contributed by atoms with Gasteiger partial charge in [-0.3, -0.25) is 14.5 Å². The van der Waals surface area contributed by atoms with Crippen LogP contribution in [0, 0.1) is 0 Å². The summed E-state index contributed by atoms with van der Waals surface area (Å²) < 4.78 is 10.9. The fourth-order valence-electron chi connectivity index (χ4n) is 2.94. The first-order valence-corrected chi connectivity index (χ1v) is 9.67. The number of likely N-dealkylation sites (tertiary alicyclic amines) is 1. The molecule has 0 aliphatic carbocycles. The molecule has 3 amide bonds. The molecule has 0 spiro atoms. The average molecular weight is 390 g/mol. The summed E-state index contributed by atoms with van der Waals surface area (Å²) in [5, 5.41) is 2.72. The Morgan fingerprint density at radius 2 is 1.86 bits per heavy atom.